The number of aliphatic hydroxyl groups is 1. The van der Waals surface area contributed by atoms with Crippen LogP contribution < -0.4 is 4.74 Å². The van der Waals surface area contributed by atoms with Crippen LogP contribution in [0.4, 0.5) is 0 Å². The number of ether oxygens (including phenoxy) is 1. The van der Waals surface area contributed by atoms with E-state index in [9.17, 15) is 10.2 Å². The Bertz CT molecular complexity index is 807. The van der Waals surface area contributed by atoms with Crippen molar-refractivity contribution < 1.29 is 14.9 Å². The molecule has 4 unspecified atom stereocenters. The first-order chi connectivity index (χ1) is 13.0. The fourth-order valence-corrected chi connectivity index (χ4v) is 6.39. The van der Waals surface area contributed by atoms with Gasteiger partial charge in [-0.15, -0.1) is 0 Å². The maximum Gasteiger partial charge on any atom is 0.166 e. The molecular weight excluding hydrogens is 453 g/mol. The standard InChI is InChI=1S/C21H25NO3.CH3I/c1-12-6-7-21(24)16-10-14-4-5-15(23)18-17(14)20(21,19(12)25-18)8-9-22(16)11-13-2-3-13;1-2/h4-5,13,16,19,23-24H,1-3,6-11H2;1H3. The Morgan fingerprint density at radius 1 is 1.30 bits per heavy atom. The second-order valence-electron chi connectivity index (χ2n) is 8.91. The van der Waals surface area contributed by atoms with Gasteiger partial charge in [-0.3, -0.25) is 4.90 Å². The number of hydrogen-bond acceptors (Lipinski definition) is 4. The highest BCUT2D eigenvalue weighted by Gasteiger charge is 2.71. The number of phenols is 1. The van der Waals surface area contributed by atoms with Gasteiger partial charge in [-0.2, -0.15) is 0 Å². The summed E-state index contributed by atoms with van der Waals surface area (Å²) in [4.78, 5) is 4.53. The van der Waals surface area contributed by atoms with E-state index in [0.717, 1.165) is 55.8 Å². The van der Waals surface area contributed by atoms with Gasteiger partial charge in [-0.1, -0.05) is 35.2 Å². The topological polar surface area (TPSA) is 52.9 Å². The van der Waals surface area contributed by atoms with Crippen molar-refractivity contribution in [3.8, 4) is 11.5 Å². The van der Waals surface area contributed by atoms with Crippen LogP contribution in [0.1, 0.15) is 43.2 Å². The van der Waals surface area contributed by atoms with E-state index in [0.29, 0.717) is 5.75 Å². The smallest absolute Gasteiger partial charge is 0.166 e. The molecule has 4 atom stereocenters. The van der Waals surface area contributed by atoms with Crippen molar-refractivity contribution in [2.75, 3.05) is 18.0 Å². The van der Waals surface area contributed by atoms with Gasteiger partial charge in [0.05, 0.1) is 11.0 Å². The van der Waals surface area contributed by atoms with Crippen molar-refractivity contribution in [2.24, 2.45) is 5.92 Å². The largest absolute Gasteiger partial charge is 0.504 e. The Morgan fingerprint density at radius 3 is 2.81 bits per heavy atom. The lowest BCUT2D eigenvalue weighted by atomic mass is 9.48. The highest BCUT2D eigenvalue weighted by molar-refractivity contribution is 14.1. The number of alkyl halides is 1. The molecule has 6 rings (SSSR count). The van der Waals surface area contributed by atoms with Gasteiger partial charge in [0.25, 0.3) is 0 Å². The van der Waals surface area contributed by atoms with E-state index in [2.05, 4.69) is 34.1 Å². The average Bonchev–Trinajstić information content (AvgIpc) is 3.41. The summed E-state index contributed by atoms with van der Waals surface area (Å²) >= 11 is 2.15. The van der Waals surface area contributed by atoms with Crippen LogP contribution in [0.5, 0.6) is 11.5 Å². The van der Waals surface area contributed by atoms with E-state index in [-0.39, 0.29) is 17.9 Å². The molecule has 0 radical (unpaired) electrons. The van der Waals surface area contributed by atoms with Crippen molar-refractivity contribution in [1.29, 1.82) is 0 Å². The zero-order valence-corrected chi connectivity index (χ0v) is 18.0. The second kappa shape index (κ2) is 6.10. The van der Waals surface area contributed by atoms with Gasteiger partial charge in [0.1, 0.15) is 6.10 Å². The van der Waals surface area contributed by atoms with E-state index in [4.69, 9.17) is 4.74 Å². The molecule has 0 amide bonds. The Balaban J connectivity index is 0.000000777. The van der Waals surface area contributed by atoms with Gasteiger partial charge in [0.15, 0.2) is 11.5 Å². The minimum atomic E-state index is -0.780. The third kappa shape index (κ3) is 2.22. The molecule has 4 nitrogen and oxygen atoms in total. The van der Waals surface area contributed by atoms with Crippen LogP contribution in [0, 0.1) is 5.92 Å². The number of aromatic hydroxyl groups is 1. The molecule has 2 heterocycles. The van der Waals surface area contributed by atoms with E-state index < -0.39 is 11.0 Å². The molecule has 27 heavy (non-hydrogen) atoms. The lowest BCUT2D eigenvalue weighted by Crippen LogP contribution is -2.75. The predicted molar refractivity (Wildman–Crippen MR) is 114 cm³/mol. The van der Waals surface area contributed by atoms with Crippen molar-refractivity contribution in [1.82, 2.24) is 4.90 Å². The first-order valence-corrected chi connectivity index (χ1v) is 12.2. The molecule has 1 saturated heterocycles. The monoisotopic (exact) mass is 481 g/mol. The summed E-state index contributed by atoms with van der Waals surface area (Å²) in [5.41, 5.74) is 2.21. The van der Waals surface area contributed by atoms with E-state index >= 15 is 0 Å². The number of rotatable bonds is 2. The molecule has 146 valence electrons. The van der Waals surface area contributed by atoms with E-state index in [1.54, 1.807) is 6.07 Å². The van der Waals surface area contributed by atoms with Crippen molar-refractivity contribution in [3.63, 3.8) is 0 Å². The van der Waals surface area contributed by atoms with Crippen LogP contribution in [-0.2, 0) is 11.8 Å². The molecule has 1 spiro atoms. The van der Waals surface area contributed by atoms with Crippen molar-refractivity contribution in [2.45, 2.75) is 61.7 Å². The maximum absolute atomic E-state index is 12.1. The van der Waals surface area contributed by atoms with Gasteiger partial charge in [-0.25, -0.2) is 0 Å². The first kappa shape index (κ1) is 18.3. The second-order valence-corrected chi connectivity index (χ2v) is 8.91. The molecule has 2 saturated carbocycles. The summed E-state index contributed by atoms with van der Waals surface area (Å²) in [6.45, 7) is 6.40. The predicted octanol–water partition coefficient (Wildman–Crippen LogP) is 3.56. The highest BCUT2D eigenvalue weighted by atomic mass is 127. The summed E-state index contributed by atoms with van der Waals surface area (Å²) < 4.78 is 6.29. The molecule has 2 aliphatic heterocycles. The fourth-order valence-electron chi connectivity index (χ4n) is 6.39. The normalized spacial score (nSPS) is 38.6. The molecular formula is C22H28INO3. The SMILES string of the molecule is C=C1CCC2(O)C3Cc4ccc(O)c5c4C2(CCN3CC2CC2)C1O5.CI. The number of hydrogen-bond donors (Lipinski definition) is 2. The fraction of sp³-hybridized carbons (Fsp3) is 0.636. The lowest BCUT2D eigenvalue weighted by molar-refractivity contribution is -0.174. The lowest BCUT2D eigenvalue weighted by Gasteiger charge is -2.63. The summed E-state index contributed by atoms with van der Waals surface area (Å²) in [6, 6.07) is 3.96. The van der Waals surface area contributed by atoms with E-state index in [1.807, 2.05) is 11.0 Å². The quantitative estimate of drug-likeness (QED) is 0.386. The van der Waals surface area contributed by atoms with Gasteiger partial charge in [0.2, 0.25) is 0 Å². The Hall–Kier alpha value is -0.790. The molecule has 1 aromatic carbocycles. The Morgan fingerprint density at radius 2 is 2.07 bits per heavy atom. The highest BCUT2D eigenvalue weighted by Crippen LogP contribution is 2.66. The van der Waals surface area contributed by atoms with Crippen molar-refractivity contribution in [3.05, 3.63) is 35.4 Å². The van der Waals surface area contributed by atoms with Crippen molar-refractivity contribution >= 4 is 22.6 Å². The summed E-state index contributed by atoms with van der Waals surface area (Å²) in [6.07, 6.45) is 5.79. The van der Waals surface area contributed by atoms with Crippen LogP contribution in [0.2, 0.25) is 0 Å². The van der Waals surface area contributed by atoms with Gasteiger partial charge < -0.3 is 14.9 Å². The molecule has 3 fully saturated rings. The summed E-state index contributed by atoms with van der Waals surface area (Å²) in [5, 5.41) is 22.5. The van der Waals surface area contributed by atoms with Crippen LogP contribution >= 0.6 is 22.6 Å². The summed E-state index contributed by atoms with van der Waals surface area (Å²) in [7, 11) is 0. The van der Waals surface area contributed by atoms with Crippen LogP contribution in [0.25, 0.3) is 0 Å². The number of nitrogens with zero attached hydrogens (tertiary/aromatic N) is 1. The number of halogens is 1. The maximum atomic E-state index is 12.1. The molecule has 2 bridgehead atoms. The molecule has 1 aromatic rings. The van der Waals surface area contributed by atoms with Crippen LogP contribution in [0.3, 0.4) is 0 Å². The number of likely N-dealkylation sites (tertiary alicyclic amines) is 1. The van der Waals surface area contributed by atoms with E-state index in [1.165, 1.54) is 18.4 Å². The average molecular weight is 481 g/mol. The minimum absolute atomic E-state index is 0.157. The zero-order chi connectivity index (χ0) is 19.0. The first-order valence-electron chi connectivity index (χ1n) is 10.1. The van der Waals surface area contributed by atoms with Crippen LogP contribution in [0.15, 0.2) is 24.3 Å². The zero-order valence-electron chi connectivity index (χ0n) is 15.9. The number of benzene rings is 1. The third-order valence-corrected chi connectivity index (χ3v) is 7.71. The summed E-state index contributed by atoms with van der Waals surface area (Å²) in [5.74, 6) is 1.64. The molecule has 5 heteroatoms. The number of piperidine rings is 1. The number of phenolic OH excluding ortho intramolecular Hbond substituents is 1. The van der Waals surface area contributed by atoms with Crippen LogP contribution in [-0.4, -0.2) is 50.9 Å². The van der Waals surface area contributed by atoms with Gasteiger partial charge in [-0.05, 0) is 73.1 Å². The molecule has 2 N–H and O–H groups in total. The van der Waals surface area contributed by atoms with Gasteiger partial charge >= 0.3 is 0 Å². The Labute approximate surface area is 174 Å². The third-order valence-electron chi connectivity index (χ3n) is 7.71. The Kier molecular flexibility index (Phi) is 4.12. The molecule has 5 aliphatic rings. The van der Waals surface area contributed by atoms with Gasteiger partial charge in [0, 0.05) is 18.2 Å². The molecule has 0 aromatic heterocycles. The minimum Gasteiger partial charge on any atom is -0.504 e. The molecule has 3 aliphatic carbocycles.